The molecule has 1 aliphatic rings. The normalized spacial score (nSPS) is 20.6. The molecule has 1 aromatic rings. The summed E-state index contributed by atoms with van der Waals surface area (Å²) in [6.45, 7) is 1.47. The first kappa shape index (κ1) is 14.2. The molecule has 1 unspecified atom stereocenters. The van der Waals surface area contributed by atoms with E-state index >= 15 is 0 Å². The Morgan fingerprint density at radius 3 is 2.53 bits per heavy atom. The molecule has 1 aliphatic heterocycles. The van der Waals surface area contributed by atoms with Crippen LogP contribution in [-0.4, -0.2) is 43.2 Å². The van der Waals surface area contributed by atoms with Gasteiger partial charge in [-0.1, -0.05) is 0 Å². The summed E-state index contributed by atoms with van der Waals surface area (Å²) < 4.78 is 28.0. The molecule has 3 nitrogen and oxygen atoms in total. The Balaban J connectivity index is 2.25. The summed E-state index contributed by atoms with van der Waals surface area (Å²) >= 11 is 0. The van der Waals surface area contributed by atoms with Gasteiger partial charge in [0.05, 0.1) is 6.61 Å². The van der Waals surface area contributed by atoms with Crippen LogP contribution in [-0.2, 0) is 6.61 Å². The van der Waals surface area contributed by atoms with E-state index in [1.54, 1.807) is 11.9 Å². The first-order valence-electron chi connectivity index (χ1n) is 6.53. The highest BCUT2D eigenvalue weighted by molar-refractivity contribution is 5.51. The second-order valence-electron chi connectivity index (χ2n) is 5.24. The maximum Gasteiger partial charge on any atom is 0.149 e. The zero-order valence-corrected chi connectivity index (χ0v) is 11.4. The summed E-state index contributed by atoms with van der Waals surface area (Å²) in [6, 6.07) is 2.51. The zero-order chi connectivity index (χ0) is 14.0. The number of nitrogens with zero attached hydrogens (tertiary/aromatic N) is 2. The van der Waals surface area contributed by atoms with Gasteiger partial charge in [-0.25, -0.2) is 8.78 Å². The van der Waals surface area contributed by atoms with Crippen molar-refractivity contribution >= 4 is 5.69 Å². The lowest BCUT2D eigenvalue weighted by Gasteiger charge is -2.37. The number of piperidine rings is 1. The number of likely N-dealkylation sites (N-methyl/N-ethyl adjacent to an activating group) is 2. The number of hydrogen-bond donors (Lipinski definition) is 1. The van der Waals surface area contributed by atoms with E-state index in [0.717, 1.165) is 25.9 Å². The second-order valence-corrected chi connectivity index (χ2v) is 5.24. The molecule has 106 valence electrons. The summed E-state index contributed by atoms with van der Waals surface area (Å²) in [7, 11) is 3.74. The van der Waals surface area contributed by atoms with Gasteiger partial charge in [0.25, 0.3) is 0 Å². The molecular formula is C14H20F2N2O. The van der Waals surface area contributed by atoms with Gasteiger partial charge in [-0.3, -0.25) is 0 Å². The topological polar surface area (TPSA) is 26.7 Å². The fourth-order valence-corrected chi connectivity index (χ4v) is 2.68. The van der Waals surface area contributed by atoms with Crippen LogP contribution in [0.1, 0.15) is 18.4 Å². The van der Waals surface area contributed by atoms with Gasteiger partial charge in [-0.15, -0.1) is 0 Å². The van der Waals surface area contributed by atoms with Crippen molar-refractivity contribution in [3.05, 3.63) is 29.3 Å². The van der Waals surface area contributed by atoms with Crippen LogP contribution in [0.15, 0.2) is 12.1 Å². The largest absolute Gasteiger partial charge is 0.392 e. The first-order chi connectivity index (χ1) is 9.02. The van der Waals surface area contributed by atoms with Gasteiger partial charge >= 0.3 is 0 Å². The lowest BCUT2D eigenvalue weighted by molar-refractivity contribution is 0.246. The Morgan fingerprint density at radius 1 is 1.37 bits per heavy atom. The van der Waals surface area contributed by atoms with Gasteiger partial charge in [-0.2, -0.15) is 0 Å². The maximum absolute atomic E-state index is 14.0. The quantitative estimate of drug-likeness (QED) is 0.910. The highest BCUT2D eigenvalue weighted by Gasteiger charge is 2.25. The Morgan fingerprint density at radius 2 is 2.00 bits per heavy atom. The highest BCUT2D eigenvalue weighted by Crippen LogP contribution is 2.28. The van der Waals surface area contributed by atoms with E-state index in [1.165, 1.54) is 12.1 Å². The standard InChI is InChI=1S/C14H20F2N2O/c1-17-5-3-4-11(8-17)18(2)14-12(15)6-10(9-19)7-13(14)16/h6-7,11,19H,3-5,8-9H2,1-2H3. The Labute approximate surface area is 112 Å². The lowest BCUT2D eigenvalue weighted by Crippen LogP contribution is -2.45. The van der Waals surface area contributed by atoms with Crippen molar-refractivity contribution in [3.8, 4) is 0 Å². The number of halogens is 2. The van der Waals surface area contributed by atoms with Crippen LogP contribution in [0.2, 0.25) is 0 Å². The molecule has 0 aliphatic carbocycles. The number of aliphatic hydroxyl groups excluding tert-OH is 1. The second kappa shape index (κ2) is 5.84. The molecular weight excluding hydrogens is 250 g/mol. The van der Waals surface area contributed by atoms with Gasteiger partial charge in [0, 0.05) is 19.6 Å². The molecule has 2 rings (SSSR count). The zero-order valence-electron chi connectivity index (χ0n) is 11.4. The van der Waals surface area contributed by atoms with Crippen LogP contribution in [0.3, 0.4) is 0 Å². The average Bonchev–Trinajstić information content (AvgIpc) is 2.37. The highest BCUT2D eigenvalue weighted by atomic mass is 19.1. The van der Waals surface area contributed by atoms with Crippen LogP contribution >= 0.6 is 0 Å². The van der Waals surface area contributed by atoms with E-state index in [4.69, 9.17) is 5.11 Å². The number of hydrogen-bond acceptors (Lipinski definition) is 3. The van der Waals surface area contributed by atoms with Gasteiger partial charge in [0.2, 0.25) is 0 Å². The molecule has 0 amide bonds. The van der Waals surface area contributed by atoms with Crippen LogP contribution in [0.4, 0.5) is 14.5 Å². The molecule has 0 aromatic heterocycles. The van der Waals surface area contributed by atoms with E-state index in [1.807, 2.05) is 7.05 Å². The summed E-state index contributed by atoms with van der Waals surface area (Å²) in [5, 5.41) is 8.95. The minimum atomic E-state index is -0.611. The molecule has 5 heteroatoms. The molecule has 1 saturated heterocycles. The van der Waals surface area contributed by atoms with Crippen LogP contribution in [0.25, 0.3) is 0 Å². The fraction of sp³-hybridized carbons (Fsp3) is 0.571. The summed E-state index contributed by atoms with van der Waals surface area (Å²) in [6.07, 6.45) is 1.96. The van der Waals surface area contributed by atoms with Gasteiger partial charge in [0.15, 0.2) is 0 Å². The summed E-state index contributed by atoms with van der Waals surface area (Å²) in [5.41, 5.74) is 0.255. The van der Waals surface area contributed by atoms with Crippen molar-refractivity contribution < 1.29 is 13.9 Å². The Kier molecular flexibility index (Phi) is 4.37. The van der Waals surface area contributed by atoms with Crippen LogP contribution in [0, 0.1) is 11.6 Å². The van der Waals surface area contributed by atoms with Crippen molar-refractivity contribution in [2.24, 2.45) is 0 Å². The van der Waals surface area contributed by atoms with Gasteiger partial charge < -0.3 is 14.9 Å². The van der Waals surface area contributed by atoms with Gasteiger partial charge in [0.1, 0.15) is 17.3 Å². The lowest BCUT2D eigenvalue weighted by atomic mass is 10.0. The number of aliphatic hydroxyl groups is 1. The fourth-order valence-electron chi connectivity index (χ4n) is 2.68. The van der Waals surface area contributed by atoms with Crippen molar-refractivity contribution in [2.45, 2.75) is 25.5 Å². The number of benzene rings is 1. The third-order valence-corrected chi connectivity index (χ3v) is 3.76. The minimum absolute atomic E-state index is 0.00231. The number of likely N-dealkylation sites (tertiary alicyclic amines) is 1. The van der Waals surface area contributed by atoms with Crippen molar-refractivity contribution in [1.82, 2.24) is 4.90 Å². The van der Waals surface area contributed by atoms with Crippen molar-refractivity contribution in [3.63, 3.8) is 0 Å². The monoisotopic (exact) mass is 270 g/mol. The molecule has 1 fully saturated rings. The SMILES string of the molecule is CN1CCCC(N(C)c2c(F)cc(CO)cc2F)C1. The molecule has 1 atom stereocenters. The van der Waals surface area contributed by atoms with E-state index in [9.17, 15) is 8.78 Å². The molecule has 19 heavy (non-hydrogen) atoms. The molecule has 1 N–H and O–H groups in total. The molecule has 1 aromatic carbocycles. The first-order valence-corrected chi connectivity index (χ1v) is 6.53. The predicted molar refractivity (Wildman–Crippen MR) is 71.2 cm³/mol. The van der Waals surface area contributed by atoms with E-state index in [0.29, 0.717) is 0 Å². The Bertz CT molecular complexity index is 430. The maximum atomic E-state index is 14.0. The number of anilines is 1. The number of rotatable bonds is 3. The molecule has 0 bridgehead atoms. The van der Waals surface area contributed by atoms with E-state index in [2.05, 4.69) is 4.90 Å². The van der Waals surface area contributed by atoms with E-state index < -0.39 is 11.6 Å². The molecule has 0 radical (unpaired) electrons. The molecule has 0 saturated carbocycles. The van der Waals surface area contributed by atoms with Crippen LogP contribution in [0.5, 0.6) is 0 Å². The predicted octanol–water partition coefficient (Wildman–Crippen LogP) is 1.99. The van der Waals surface area contributed by atoms with E-state index in [-0.39, 0.29) is 23.9 Å². The summed E-state index contributed by atoms with van der Waals surface area (Å²) in [5.74, 6) is -1.22. The average molecular weight is 270 g/mol. The summed E-state index contributed by atoms with van der Waals surface area (Å²) in [4.78, 5) is 3.85. The molecule has 1 heterocycles. The third-order valence-electron chi connectivity index (χ3n) is 3.76. The third kappa shape index (κ3) is 3.04. The van der Waals surface area contributed by atoms with Crippen molar-refractivity contribution in [1.29, 1.82) is 0 Å². The molecule has 0 spiro atoms. The van der Waals surface area contributed by atoms with Crippen LogP contribution < -0.4 is 4.90 Å². The minimum Gasteiger partial charge on any atom is -0.392 e. The smallest absolute Gasteiger partial charge is 0.149 e. The Hall–Kier alpha value is -1.20. The van der Waals surface area contributed by atoms with Crippen molar-refractivity contribution in [2.75, 3.05) is 32.1 Å². The van der Waals surface area contributed by atoms with Gasteiger partial charge in [-0.05, 0) is 44.1 Å².